The van der Waals surface area contributed by atoms with E-state index in [-0.39, 0.29) is 0 Å². The summed E-state index contributed by atoms with van der Waals surface area (Å²) < 4.78 is 2.07. The normalized spacial score (nSPS) is 10.8. The van der Waals surface area contributed by atoms with Crippen molar-refractivity contribution in [2.45, 2.75) is 0 Å². The molecule has 0 radical (unpaired) electrons. The number of rotatable bonds is 2. The van der Waals surface area contributed by atoms with Gasteiger partial charge in [-0.15, -0.1) is 0 Å². The summed E-state index contributed by atoms with van der Waals surface area (Å²) >= 11 is 0. The van der Waals surface area contributed by atoms with E-state index in [9.17, 15) is 0 Å². The maximum absolute atomic E-state index is 4.65. The number of hydrogen-bond acceptors (Lipinski definition) is 3. The molecule has 2 heterocycles. The molecule has 0 unspecified atom stereocenters. The molecule has 90 valence electrons. The van der Waals surface area contributed by atoms with E-state index >= 15 is 0 Å². The fraction of sp³-hybridized carbons (Fsp3) is 0.143. The maximum Gasteiger partial charge on any atom is 0.159 e. The molecule has 0 spiro atoms. The summed E-state index contributed by atoms with van der Waals surface area (Å²) in [5.41, 5.74) is 4.04. The Kier molecular flexibility index (Phi) is 2.48. The molecular formula is C14H14N4. The molecule has 18 heavy (non-hydrogen) atoms. The van der Waals surface area contributed by atoms with Gasteiger partial charge in [0.1, 0.15) is 5.69 Å². The second-order valence-corrected chi connectivity index (χ2v) is 4.16. The van der Waals surface area contributed by atoms with Gasteiger partial charge in [-0.3, -0.25) is 4.98 Å². The number of benzene rings is 1. The van der Waals surface area contributed by atoms with Gasteiger partial charge in [0.05, 0.1) is 11.0 Å². The average Bonchev–Trinajstić information content (AvgIpc) is 2.76. The Hall–Kier alpha value is -2.36. The monoisotopic (exact) mass is 238 g/mol. The fourth-order valence-corrected chi connectivity index (χ4v) is 2.08. The first-order valence-electron chi connectivity index (χ1n) is 5.85. The van der Waals surface area contributed by atoms with E-state index in [1.54, 1.807) is 6.20 Å². The molecule has 3 aromatic rings. The standard InChI is InChI=1S/C14H14N4/c1-15-10-6-7-13-12(9-10)17-14(18(13)2)11-5-3-4-8-16-11/h3-9,15H,1-2H3. The van der Waals surface area contributed by atoms with Gasteiger partial charge in [0.2, 0.25) is 0 Å². The summed E-state index contributed by atoms with van der Waals surface area (Å²) in [5, 5.41) is 3.12. The SMILES string of the molecule is CNc1ccc2c(c1)nc(-c1ccccn1)n2C. The van der Waals surface area contributed by atoms with Crippen LogP contribution in [0.4, 0.5) is 5.69 Å². The second kappa shape index (κ2) is 4.14. The minimum Gasteiger partial charge on any atom is -0.388 e. The lowest BCUT2D eigenvalue weighted by Crippen LogP contribution is -1.94. The zero-order valence-corrected chi connectivity index (χ0v) is 10.4. The molecule has 0 bridgehead atoms. The van der Waals surface area contributed by atoms with Crippen LogP contribution in [0.2, 0.25) is 0 Å². The number of nitrogens with zero attached hydrogens (tertiary/aromatic N) is 3. The van der Waals surface area contributed by atoms with Crippen molar-refractivity contribution >= 4 is 16.7 Å². The highest BCUT2D eigenvalue weighted by atomic mass is 15.1. The van der Waals surface area contributed by atoms with Crippen molar-refractivity contribution < 1.29 is 0 Å². The summed E-state index contributed by atoms with van der Waals surface area (Å²) in [4.78, 5) is 9.00. The van der Waals surface area contributed by atoms with Gasteiger partial charge in [0, 0.05) is 26.0 Å². The van der Waals surface area contributed by atoms with Crippen LogP contribution in [0.25, 0.3) is 22.6 Å². The minimum atomic E-state index is 0.888. The number of fused-ring (bicyclic) bond motifs is 1. The van der Waals surface area contributed by atoms with Gasteiger partial charge >= 0.3 is 0 Å². The van der Waals surface area contributed by atoms with E-state index in [1.165, 1.54) is 0 Å². The Bertz CT molecular complexity index is 686. The zero-order valence-electron chi connectivity index (χ0n) is 10.4. The largest absolute Gasteiger partial charge is 0.388 e. The van der Waals surface area contributed by atoms with Crippen LogP contribution in [0, 0.1) is 0 Å². The summed E-state index contributed by atoms with van der Waals surface area (Å²) in [7, 11) is 3.92. The van der Waals surface area contributed by atoms with E-state index in [1.807, 2.05) is 44.4 Å². The summed E-state index contributed by atoms with van der Waals surface area (Å²) in [6.07, 6.45) is 1.79. The topological polar surface area (TPSA) is 42.7 Å². The lowest BCUT2D eigenvalue weighted by molar-refractivity contribution is 0.950. The van der Waals surface area contributed by atoms with Gasteiger partial charge in [-0.1, -0.05) is 6.07 Å². The van der Waals surface area contributed by atoms with Crippen LogP contribution in [-0.2, 0) is 7.05 Å². The quantitative estimate of drug-likeness (QED) is 0.746. The first-order valence-corrected chi connectivity index (χ1v) is 5.85. The fourth-order valence-electron chi connectivity index (χ4n) is 2.08. The van der Waals surface area contributed by atoms with E-state index in [2.05, 4.69) is 25.9 Å². The molecule has 0 aliphatic heterocycles. The molecule has 0 saturated carbocycles. The van der Waals surface area contributed by atoms with Crippen LogP contribution in [0.1, 0.15) is 0 Å². The van der Waals surface area contributed by atoms with Gasteiger partial charge in [-0.25, -0.2) is 4.98 Å². The van der Waals surface area contributed by atoms with Crippen molar-refractivity contribution in [2.75, 3.05) is 12.4 Å². The van der Waals surface area contributed by atoms with Crippen LogP contribution in [0.5, 0.6) is 0 Å². The lowest BCUT2D eigenvalue weighted by atomic mass is 10.3. The third-order valence-electron chi connectivity index (χ3n) is 3.06. The van der Waals surface area contributed by atoms with E-state index in [0.29, 0.717) is 0 Å². The van der Waals surface area contributed by atoms with Crippen molar-refractivity contribution in [1.82, 2.24) is 14.5 Å². The van der Waals surface area contributed by atoms with Crippen LogP contribution >= 0.6 is 0 Å². The van der Waals surface area contributed by atoms with Gasteiger partial charge in [0.15, 0.2) is 5.82 Å². The average molecular weight is 238 g/mol. The highest BCUT2D eigenvalue weighted by molar-refractivity contribution is 5.83. The van der Waals surface area contributed by atoms with E-state index < -0.39 is 0 Å². The van der Waals surface area contributed by atoms with Crippen molar-refractivity contribution in [3.05, 3.63) is 42.6 Å². The predicted octanol–water partition coefficient (Wildman–Crippen LogP) is 2.68. The third kappa shape index (κ3) is 1.62. The van der Waals surface area contributed by atoms with Crippen LogP contribution in [0.15, 0.2) is 42.6 Å². The molecule has 0 aliphatic rings. The van der Waals surface area contributed by atoms with Gasteiger partial charge in [0.25, 0.3) is 0 Å². The Labute approximate surface area is 105 Å². The number of imidazole rings is 1. The first-order chi connectivity index (χ1) is 8.79. The molecule has 4 nitrogen and oxygen atoms in total. The molecule has 3 rings (SSSR count). The lowest BCUT2D eigenvalue weighted by Gasteiger charge is -2.01. The Balaban J connectivity index is 2.23. The number of aromatic nitrogens is 3. The molecule has 1 N–H and O–H groups in total. The summed E-state index contributed by atoms with van der Waals surface area (Å²) in [6.45, 7) is 0. The molecule has 4 heteroatoms. The van der Waals surface area contributed by atoms with Crippen molar-refractivity contribution in [2.24, 2.45) is 7.05 Å². The highest BCUT2D eigenvalue weighted by Gasteiger charge is 2.10. The van der Waals surface area contributed by atoms with Gasteiger partial charge in [-0.2, -0.15) is 0 Å². The zero-order chi connectivity index (χ0) is 12.5. The molecule has 0 saturated heterocycles. The predicted molar refractivity (Wildman–Crippen MR) is 73.5 cm³/mol. The van der Waals surface area contributed by atoms with Crippen LogP contribution in [-0.4, -0.2) is 21.6 Å². The minimum absolute atomic E-state index is 0.888. The van der Waals surface area contributed by atoms with E-state index in [0.717, 1.165) is 28.2 Å². The molecule has 1 aromatic carbocycles. The maximum atomic E-state index is 4.65. The molecule has 0 aliphatic carbocycles. The Morgan fingerprint density at radius 1 is 1.17 bits per heavy atom. The summed E-state index contributed by atoms with van der Waals surface area (Å²) in [5.74, 6) is 0.888. The third-order valence-corrected chi connectivity index (χ3v) is 3.06. The number of hydrogen-bond donors (Lipinski definition) is 1. The smallest absolute Gasteiger partial charge is 0.159 e. The second-order valence-electron chi connectivity index (χ2n) is 4.16. The number of aryl methyl sites for hydroxylation is 1. The van der Waals surface area contributed by atoms with Crippen molar-refractivity contribution in [3.8, 4) is 11.5 Å². The van der Waals surface area contributed by atoms with Gasteiger partial charge < -0.3 is 9.88 Å². The molecular weight excluding hydrogens is 224 g/mol. The van der Waals surface area contributed by atoms with Crippen LogP contribution < -0.4 is 5.32 Å². The molecule has 0 atom stereocenters. The molecule has 0 fully saturated rings. The molecule has 0 amide bonds. The van der Waals surface area contributed by atoms with E-state index in [4.69, 9.17) is 0 Å². The summed E-state index contributed by atoms with van der Waals surface area (Å²) in [6, 6.07) is 12.0. The molecule has 2 aromatic heterocycles. The Morgan fingerprint density at radius 3 is 2.78 bits per heavy atom. The van der Waals surface area contributed by atoms with Crippen molar-refractivity contribution in [1.29, 1.82) is 0 Å². The van der Waals surface area contributed by atoms with Gasteiger partial charge in [-0.05, 0) is 30.3 Å². The Morgan fingerprint density at radius 2 is 2.06 bits per heavy atom. The highest BCUT2D eigenvalue weighted by Crippen LogP contribution is 2.24. The first kappa shape index (κ1) is 10.8. The number of pyridine rings is 1. The number of anilines is 1. The van der Waals surface area contributed by atoms with Crippen LogP contribution in [0.3, 0.4) is 0 Å². The van der Waals surface area contributed by atoms with Crippen molar-refractivity contribution in [3.63, 3.8) is 0 Å². The number of nitrogens with one attached hydrogen (secondary N) is 1.